The highest BCUT2D eigenvalue weighted by Gasteiger charge is 2.35. The Morgan fingerprint density at radius 2 is 0.811 bits per heavy atom. The maximum atomic E-state index is 13.4. The summed E-state index contributed by atoms with van der Waals surface area (Å²) in [7, 11) is -12.3. The van der Waals surface area contributed by atoms with Gasteiger partial charge in [-0.1, -0.05) is 48.9 Å². The standard InChI is InChI=1S/C28H34N2O3S2.C27H29F3N2O4S2.C26H26ClF3N2O4S2/c1-5-22-9-11-23(12-10-22)35(32,33)29-25-13-16-34-28(25)26(31)18-24-19(2)17-20(3)27(21(24)4)30-14-7-6-8-15-30;1-17-15-18(2)25(32-12-5-4-6-13-32)19(3)22(17)16-24(33)26-23(11-14-37-26)31-38(34,35)21-9-7-20(8-10-21)36-27(28,29)30;1-15-12-16(2)24(32-7-9-36-10-8-32)17(3)19(15)14-22(33)25-21(6-11-37-25)31-38(34,35)23-5-4-18(13-20(23)27)26(28,29)30/h9-13,16-17,29H,5-8,14-15,18H2,1-4H3;7-11,14-15,31H,4-6,12-13,16H2,1-3H3;4-6,11-13,31H,7-10,14H2,1-3H3. The van der Waals surface area contributed by atoms with Crippen molar-refractivity contribution < 1.29 is 75.5 Å². The Morgan fingerprint density at radius 3 is 1.15 bits per heavy atom. The third kappa shape index (κ3) is 20.8. The van der Waals surface area contributed by atoms with Gasteiger partial charge >= 0.3 is 12.5 Å². The molecule has 0 atom stereocenters. The average Bonchev–Trinajstić information content (AvgIpc) is 1.78. The molecule has 0 saturated carbocycles. The molecule has 0 unspecified atom stereocenters. The van der Waals surface area contributed by atoms with E-state index in [2.05, 4.69) is 73.4 Å². The number of thiophene rings is 3. The van der Waals surface area contributed by atoms with Gasteiger partial charge in [0.15, 0.2) is 17.3 Å². The number of carbonyl (C=O) groups excluding carboxylic acids is 3. The van der Waals surface area contributed by atoms with Gasteiger partial charge < -0.3 is 24.2 Å². The van der Waals surface area contributed by atoms with E-state index < -0.39 is 63.8 Å². The quantitative estimate of drug-likeness (QED) is 0.0401. The second kappa shape index (κ2) is 35.8. The number of ether oxygens (including phenoxy) is 2. The molecule has 6 heterocycles. The van der Waals surface area contributed by atoms with Gasteiger partial charge in [0, 0.05) is 75.6 Å². The predicted octanol–water partition coefficient (Wildman–Crippen LogP) is 19.6. The highest BCUT2D eigenvalue weighted by molar-refractivity contribution is 7.93. The lowest BCUT2D eigenvalue weighted by Gasteiger charge is -2.33. The summed E-state index contributed by atoms with van der Waals surface area (Å²) in [5.41, 5.74) is 16.7. The Bertz CT molecular complexity index is 5260. The van der Waals surface area contributed by atoms with E-state index in [1.165, 1.54) is 71.7 Å². The summed E-state index contributed by atoms with van der Waals surface area (Å²) >= 11 is 9.40. The van der Waals surface area contributed by atoms with Gasteiger partial charge in [0.2, 0.25) is 0 Å². The van der Waals surface area contributed by atoms with Gasteiger partial charge in [-0.15, -0.1) is 47.2 Å². The minimum Gasteiger partial charge on any atom is -0.406 e. The molecule has 6 aromatic carbocycles. The van der Waals surface area contributed by atoms with Crippen LogP contribution in [-0.4, -0.2) is 101 Å². The first-order valence-electron chi connectivity index (χ1n) is 36.2. The van der Waals surface area contributed by atoms with E-state index in [1.54, 1.807) is 34.3 Å². The molecule has 0 spiro atoms. The van der Waals surface area contributed by atoms with Crippen molar-refractivity contribution in [3.8, 4) is 5.75 Å². The number of halogens is 7. The SMILES string of the molecule is CCc1ccc(S(=O)(=O)Nc2ccsc2C(=O)Cc2c(C)cc(C)c(N3CCCCC3)c2C)cc1.Cc1cc(C)c(N2CCCCC2)c(C)c1CC(=O)c1sccc1NS(=O)(=O)c1ccc(OC(F)(F)F)cc1.Cc1cc(C)c(N2CCOCC2)c(C)c1CC(=O)c1sccc1NS(=O)(=O)c1ccc(C(F)(F)F)cc1Cl. The Morgan fingerprint density at radius 1 is 0.459 bits per heavy atom. The number of rotatable bonds is 23. The number of nitrogens with zero attached hydrogens (tertiary/aromatic N) is 3. The number of piperidine rings is 2. The zero-order valence-electron chi connectivity index (χ0n) is 63.2. The zero-order chi connectivity index (χ0) is 80.7. The van der Waals surface area contributed by atoms with Crippen LogP contribution >= 0.6 is 45.6 Å². The van der Waals surface area contributed by atoms with Gasteiger partial charge in [0.1, 0.15) is 10.6 Å². The molecule has 3 aliphatic rings. The lowest BCUT2D eigenvalue weighted by Crippen LogP contribution is -2.37. The van der Waals surface area contributed by atoms with Gasteiger partial charge in [-0.3, -0.25) is 28.5 Å². The lowest BCUT2D eigenvalue weighted by atomic mass is 9.92. The molecule has 3 fully saturated rings. The van der Waals surface area contributed by atoms with Crippen molar-refractivity contribution in [3.63, 3.8) is 0 Å². The fraction of sp³-hybridized carbons (Fsp3) is 0.370. The van der Waals surface area contributed by atoms with Crippen LogP contribution in [0.4, 0.5) is 60.5 Å². The molecule has 0 bridgehead atoms. The number of benzene rings is 6. The molecule has 30 heteroatoms. The van der Waals surface area contributed by atoms with Crippen LogP contribution < -0.4 is 33.6 Å². The lowest BCUT2D eigenvalue weighted by molar-refractivity contribution is -0.274. The summed E-state index contributed by atoms with van der Waals surface area (Å²) in [5, 5.41) is 4.39. The third-order valence-corrected chi connectivity index (χ3v) is 27.5. The van der Waals surface area contributed by atoms with Crippen molar-refractivity contribution in [2.45, 2.75) is 161 Å². The molecule has 0 amide bonds. The topological polar surface area (TPSA) is 218 Å². The molecule has 12 rings (SSSR count). The highest BCUT2D eigenvalue weighted by Crippen LogP contribution is 2.41. The Hall–Kier alpha value is -8.29. The summed E-state index contributed by atoms with van der Waals surface area (Å²) < 4.78 is 170. The van der Waals surface area contributed by atoms with Crippen molar-refractivity contribution >= 4 is 127 Å². The summed E-state index contributed by atoms with van der Waals surface area (Å²) in [6.45, 7) is 27.2. The molecule has 9 aromatic rings. The van der Waals surface area contributed by atoms with Crippen molar-refractivity contribution in [2.75, 3.05) is 81.3 Å². The Kier molecular flexibility index (Phi) is 27.5. The number of aryl methyl sites for hydroxylation is 7. The van der Waals surface area contributed by atoms with E-state index in [0.29, 0.717) is 35.9 Å². The fourth-order valence-corrected chi connectivity index (χ4v) is 21.0. The Balaban J connectivity index is 0.000000177. The number of hydrogen-bond donors (Lipinski definition) is 3. The van der Waals surface area contributed by atoms with Crippen LogP contribution in [0.1, 0.15) is 152 Å². The zero-order valence-corrected chi connectivity index (χ0v) is 68.9. The second-order valence-corrected chi connectivity index (χ2v) is 36.0. The van der Waals surface area contributed by atoms with Gasteiger partial charge in [-0.2, -0.15) is 13.2 Å². The summed E-state index contributed by atoms with van der Waals surface area (Å²) in [5.74, 6) is -1.10. The average molecular weight is 1660 g/mol. The molecule has 0 radical (unpaired) electrons. The first kappa shape index (κ1) is 85.1. The van der Waals surface area contributed by atoms with Crippen LogP contribution in [0.5, 0.6) is 5.75 Å². The van der Waals surface area contributed by atoms with Gasteiger partial charge in [-0.05, 0) is 269 Å². The molecule has 0 aliphatic carbocycles. The third-order valence-electron chi connectivity index (χ3n) is 20.0. The fourth-order valence-electron chi connectivity index (χ4n) is 14.7. The van der Waals surface area contributed by atoms with E-state index in [1.807, 2.05) is 59.7 Å². The number of nitrogens with one attached hydrogen (secondary N) is 3. The molecule has 3 aliphatic heterocycles. The molecular formula is C81H89ClF6N6O11S6. The van der Waals surface area contributed by atoms with E-state index >= 15 is 0 Å². The van der Waals surface area contributed by atoms with E-state index in [9.17, 15) is 66.0 Å². The number of ketones is 3. The molecular weight excluding hydrogens is 1570 g/mol. The van der Waals surface area contributed by atoms with Crippen molar-refractivity contribution in [2.24, 2.45) is 0 Å². The van der Waals surface area contributed by atoms with Crippen LogP contribution in [0, 0.1) is 62.3 Å². The van der Waals surface area contributed by atoms with Crippen molar-refractivity contribution in [1.82, 2.24) is 0 Å². The number of alkyl halides is 6. The number of hydrogen-bond acceptors (Lipinski definition) is 17. The summed E-state index contributed by atoms with van der Waals surface area (Å²) in [4.78, 5) is 47.7. The van der Waals surface area contributed by atoms with E-state index in [0.717, 1.165) is 178 Å². The number of anilines is 6. The second-order valence-electron chi connectivity index (χ2n) is 27.8. The molecule has 594 valence electrons. The molecule has 3 N–H and O–H groups in total. The molecule has 17 nitrogen and oxygen atoms in total. The van der Waals surface area contributed by atoms with Crippen LogP contribution in [0.15, 0.2) is 134 Å². The molecule has 111 heavy (non-hydrogen) atoms. The smallest absolute Gasteiger partial charge is 0.406 e. The maximum absolute atomic E-state index is 13.4. The number of carbonyl (C=O) groups is 3. The van der Waals surface area contributed by atoms with Gasteiger partial charge in [0.25, 0.3) is 30.1 Å². The number of morpholine rings is 1. The summed E-state index contributed by atoms with van der Waals surface area (Å²) in [6.07, 6.45) is -1.12. The maximum Gasteiger partial charge on any atom is 0.573 e. The van der Waals surface area contributed by atoms with E-state index in [-0.39, 0.29) is 67.5 Å². The Labute approximate surface area is 662 Å². The summed E-state index contributed by atoms with van der Waals surface area (Å²) in [6, 6.07) is 23.7. The first-order valence-corrected chi connectivity index (χ1v) is 43.7. The monoisotopic (exact) mass is 1660 g/mol. The van der Waals surface area contributed by atoms with Gasteiger partial charge in [0.05, 0.1) is 65.3 Å². The van der Waals surface area contributed by atoms with Crippen LogP contribution in [0.2, 0.25) is 5.02 Å². The first-order chi connectivity index (χ1) is 52.4. The minimum atomic E-state index is -4.88. The highest BCUT2D eigenvalue weighted by atomic mass is 35.5. The van der Waals surface area contributed by atoms with Crippen molar-refractivity contribution in [1.29, 1.82) is 0 Å². The molecule has 3 saturated heterocycles. The number of Topliss-reactive ketones (excluding diaryl/α,β-unsaturated/α-hetero) is 3. The molecule has 3 aromatic heterocycles. The van der Waals surface area contributed by atoms with Crippen molar-refractivity contribution in [3.05, 3.63) is 217 Å². The normalized spacial score (nSPS) is 14.4. The van der Waals surface area contributed by atoms with E-state index in [4.69, 9.17) is 16.3 Å². The van der Waals surface area contributed by atoms with Crippen LogP contribution in [0.3, 0.4) is 0 Å². The predicted molar refractivity (Wildman–Crippen MR) is 432 cm³/mol. The number of sulfonamides is 3. The van der Waals surface area contributed by atoms with Crippen LogP contribution in [0.25, 0.3) is 0 Å². The van der Waals surface area contributed by atoms with Gasteiger partial charge in [-0.25, -0.2) is 25.3 Å². The van der Waals surface area contributed by atoms with Crippen LogP contribution in [-0.2, 0) is 66.7 Å². The largest absolute Gasteiger partial charge is 0.573 e. The minimum absolute atomic E-state index is 0.0479.